The second-order valence-electron chi connectivity index (χ2n) is 6.00. The lowest BCUT2D eigenvalue weighted by molar-refractivity contribution is -0.157. The fourth-order valence-corrected chi connectivity index (χ4v) is 3.53. The molecule has 3 rings (SSSR count). The predicted octanol–water partition coefficient (Wildman–Crippen LogP) is 0.574. The van der Waals surface area contributed by atoms with Crippen LogP contribution in [0.2, 0.25) is 0 Å². The molecular formula is C14H22N4O3. The number of nitrogens with one attached hydrogen (secondary N) is 1. The number of hydrogen-bond acceptors (Lipinski definition) is 5. The first-order valence-electron chi connectivity index (χ1n) is 7.62. The number of H-pyrrole nitrogens is 1. The summed E-state index contributed by atoms with van der Waals surface area (Å²) in [6.07, 6.45) is 5.59. The Morgan fingerprint density at radius 2 is 2.24 bits per heavy atom. The van der Waals surface area contributed by atoms with E-state index < -0.39 is 11.2 Å². The number of aromatic nitrogens is 3. The number of carbonyl (C=O) groups excluding carboxylic acids is 1. The molecule has 1 aliphatic carbocycles. The molecule has 1 aromatic heterocycles. The van der Waals surface area contributed by atoms with Gasteiger partial charge in [-0.05, 0) is 32.6 Å². The molecule has 0 bridgehead atoms. The SMILES string of the molecule is CCOC1(C(=O)N2CCC(O)(c3cn[nH]n3)C2)CCCC1. The van der Waals surface area contributed by atoms with Crippen LogP contribution in [0, 0.1) is 0 Å². The molecule has 7 heteroatoms. The maximum Gasteiger partial charge on any atom is 0.254 e. The third-order valence-corrected chi connectivity index (χ3v) is 4.65. The van der Waals surface area contributed by atoms with Crippen LogP contribution in [0.5, 0.6) is 0 Å². The van der Waals surface area contributed by atoms with Crippen LogP contribution in [0.15, 0.2) is 6.20 Å². The van der Waals surface area contributed by atoms with E-state index in [1.807, 2.05) is 6.92 Å². The summed E-state index contributed by atoms with van der Waals surface area (Å²) >= 11 is 0. The molecule has 7 nitrogen and oxygen atoms in total. The maximum absolute atomic E-state index is 12.9. The first-order chi connectivity index (χ1) is 10.1. The van der Waals surface area contributed by atoms with Crippen LogP contribution >= 0.6 is 0 Å². The van der Waals surface area contributed by atoms with E-state index in [0.717, 1.165) is 25.7 Å². The van der Waals surface area contributed by atoms with Gasteiger partial charge in [-0.3, -0.25) is 4.79 Å². The molecular weight excluding hydrogens is 272 g/mol. The first-order valence-corrected chi connectivity index (χ1v) is 7.62. The van der Waals surface area contributed by atoms with Gasteiger partial charge in [0.25, 0.3) is 5.91 Å². The summed E-state index contributed by atoms with van der Waals surface area (Å²) in [4.78, 5) is 14.6. The van der Waals surface area contributed by atoms with E-state index in [4.69, 9.17) is 4.74 Å². The smallest absolute Gasteiger partial charge is 0.254 e. The summed E-state index contributed by atoms with van der Waals surface area (Å²) < 4.78 is 5.82. The minimum absolute atomic E-state index is 0.0151. The zero-order valence-electron chi connectivity index (χ0n) is 12.3. The molecule has 1 saturated heterocycles. The lowest BCUT2D eigenvalue weighted by Crippen LogP contribution is -2.49. The Morgan fingerprint density at radius 3 is 2.86 bits per heavy atom. The van der Waals surface area contributed by atoms with Crippen molar-refractivity contribution in [3.63, 3.8) is 0 Å². The van der Waals surface area contributed by atoms with Gasteiger partial charge in [-0.25, -0.2) is 0 Å². The second-order valence-corrected chi connectivity index (χ2v) is 6.00. The standard InChI is InChI=1S/C14H22N4O3/c1-2-21-14(5-3-4-6-14)12(19)18-8-7-13(20,10-18)11-9-15-17-16-11/h9,20H,2-8,10H2,1H3,(H,15,16,17). The van der Waals surface area contributed by atoms with Gasteiger partial charge in [0.2, 0.25) is 0 Å². The Balaban J connectivity index is 1.75. The van der Waals surface area contributed by atoms with Gasteiger partial charge in [0.15, 0.2) is 0 Å². The number of amides is 1. The minimum atomic E-state index is -1.10. The number of β-amino-alcohol motifs (C(OH)–C–C–N with tert-alkyl or cyclic N) is 1. The highest BCUT2D eigenvalue weighted by Crippen LogP contribution is 2.38. The monoisotopic (exact) mass is 294 g/mol. The first kappa shape index (κ1) is 14.5. The zero-order chi connectivity index (χ0) is 14.9. The average Bonchev–Trinajstić information content (AvgIpc) is 3.19. The number of aromatic amines is 1. The summed E-state index contributed by atoms with van der Waals surface area (Å²) in [7, 11) is 0. The molecule has 0 spiro atoms. The molecule has 1 atom stereocenters. The van der Waals surface area contributed by atoms with E-state index in [1.165, 1.54) is 6.20 Å². The van der Waals surface area contributed by atoms with Crippen LogP contribution in [-0.4, -0.2) is 56.6 Å². The van der Waals surface area contributed by atoms with Gasteiger partial charge >= 0.3 is 0 Å². The number of nitrogens with zero attached hydrogens (tertiary/aromatic N) is 3. The summed E-state index contributed by atoms with van der Waals surface area (Å²) in [5.41, 5.74) is -1.28. The van der Waals surface area contributed by atoms with Crippen molar-refractivity contribution in [2.24, 2.45) is 0 Å². The molecule has 1 aromatic rings. The average molecular weight is 294 g/mol. The summed E-state index contributed by atoms with van der Waals surface area (Å²) in [5, 5.41) is 20.9. The van der Waals surface area contributed by atoms with Crippen LogP contribution in [0.4, 0.5) is 0 Å². The van der Waals surface area contributed by atoms with Gasteiger partial charge in [0.1, 0.15) is 16.9 Å². The topological polar surface area (TPSA) is 91.3 Å². The molecule has 0 aromatic carbocycles. The number of hydrogen-bond donors (Lipinski definition) is 2. The Kier molecular flexibility index (Phi) is 3.71. The van der Waals surface area contributed by atoms with E-state index in [1.54, 1.807) is 4.90 Å². The highest BCUT2D eigenvalue weighted by Gasteiger charge is 2.49. The zero-order valence-corrected chi connectivity index (χ0v) is 12.3. The van der Waals surface area contributed by atoms with Gasteiger partial charge in [-0.15, -0.1) is 0 Å². The summed E-state index contributed by atoms with van der Waals surface area (Å²) in [6.45, 7) is 3.24. The van der Waals surface area contributed by atoms with Gasteiger partial charge in [-0.2, -0.15) is 15.4 Å². The molecule has 2 heterocycles. The molecule has 0 radical (unpaired) electrons. The van der Waals surface area contributed by atoms with Crippen molar-refractivity contribution in [3.05, 3.63) is 11.9 Å². The number of likely N-dealkylation sites (tertiary alicyclic amines) is 1. The Labute approximate surface area is 123 Å². The van der Waals surface area contributed by atoms with Crippen molar-refractivity contribution in [2.75, 3.05) is 19.7 Å². The Bertz CT molecular complexity index is 498. The van der Waals surface area contributed by atoms with Crippen LogP contribution in [0.3, 0.4) is 0 Å². The van der Waals surface area contributed by atoms with Crippen LogP contribution in [0.1, 0.15) is 44.7 Å². The lowest BCUT2D eigenvalue weighted by Gasteiger charge is -2.32. The van der Waals surface area contributed by atoms with Gasteiger partial charge in [0.05, 0.1) is 12.7 Å². The summed E-state index contributed by atoms with van der Waals surface area (Å²) in [5.74, 6) is 0.0151. The summed E-state index contributed by atoms with van der Waals surface area (Å²) in [6, 6.07) is 0. The fraction of sp³-hybridized carbons (Fsp3) is 0.786. The van der Waals surface area contributed by atoms with E-state index in [9.17, 15) is 9.90 Å². The van der Waals surface area contributed by atoms with Crippen molar-refractivity contribution < 1.29 is 14.6 Å². The quantitative estimate of drug-likeness (QED) is 0.847. The molecule has 1 unspecified atom stereocenters. The van der Waals surface area contributed by atoms with Gasteiger partial charge < -0.3 is 14.7 Å². The van der Waals surface area contributed by atoms with Crippen molar-refractivity contribution in [3.8, 4) is 0 Å². The highest BCUT2D eigenvalue weighted by atomic mass is 16.5. The van der Waals surface area contributed by atoms with E-state index in [2.05, 4.69) is 15.4 Å². The predicted molar refractivity (Wildman–Crippen MR) is 74.3 cm³/mol. The molecule has 1 saturated carbocycles. The molecule has 116 valence electrons. The van der Waals surface area contributed by atoms with Crippen LogP contribution < -0.4 is 0 Å². The highest BCUT2D eigenvalue weighted by molar-refractivity contribution is 5.86. The van der Waals surface area contributed by atoms with Crippen molar-refractivity contribution in [2.45, 2.75) is 50.2 Å². The van der Waals surface area contributed by atoms with Gasteiger partial charge in [0, 0.05) is 19.6 Å². The normalized spacial score (nSPS) is 28.2. The number of aliphatic hydroxyl groups is 1. The number of ether oxygens (including phenoxy) is 1. The number of carbonyl (C=O) groups is 1. The van der Waals surface area contributed by atoms with Crippen molar-refractivity contribution in [1.82, 2.24) is 20.3 Å². The van der Waals surface area contributed by atoms with Gasteiger partial charge in [-0.1, -0.05) is 0 Å². The minimum Gasteiger partial charge on any atom is -0.381 e. The van der Waals surface area contributed by atoms with Crippen LogP contribution in [0.25, 0.3) is 0 Å². The maximum atomic E-state index is 12.9. The third kappa shape index (κ3) is 2.44. The number of rotatable bonds is 4. The molecule has 1 aliphatic heterocycles. The van der Waals surface area contributed by atoms with Crippen LogP contribution in [-0.2, 0) is 15.1 Å². The largest absolute Gasteiger partial charge is 0.381 e. The molecule has 2 aliphatic rings. The Morgan fingerprint density at radius 1 is 1.48 bits per heavy atom. The third-order valence-electron chi connectivity index (χ3n) is 4.65. The molecule has 2 fully saturated rings. The van der Waals surface area contributed by atoms with E-state index in [-0.39, 0.29) is 12.5 Å². The molecule has 2 N–H and O–H groups in total. The van der Waals surface area contributed by atoms with E-state index in [0.29, 0.717) is 25.3 Å². The molecule has 1 amide bonds. The van der Waals surface area contributed by atoms with Crippen molar-refractivity contribution in [1.29, 1.82) is 0 Å². The molecule has 21 heavy (non-hydrogen) atoms. The van der Waals surface area contributed by atoms with Crippen molar-refractivity contribution >= 4 is 5.91 Å². The van der Waals surface area contributed by atoms with E-state index >= 15 is 0 Å². The Hall–Kier alpha value is -1.47. The second kappa shape index (κ2) is 5.38. The lowest BCUT2D eigenvalue weighted by atomic mass is 9.98. The fourth-order valence-electron chi connectivity index (χ4n) is 3.53.